The number of anilines is 1. The minimum absolute atomic E-state index is 0.0385. The Kier molecular flexibility index (Phi) is 8.45. The summed E-state index contributed by atoms with van der Waals surface area (Å²) in [5.74, 6) is -0.679. The van der Waals surface area contributed by atoms with Crippen molar-refractivity contribution in [2.24, 2.45) is 0 Å². The van der Waals surface area contributed by atoms with Gasteiger partial charge in [-0.15, -0.1) is 0 Å². The average molecular weight is 492 g/mol. The quantitative estimate of drug-likeness (QED) is 0.652. The number of sulfonamides is 1. The number of piperazine rings is 1. The Morgan fingerprint density at radius 3 is 2.18 bits per heavy atom. The van der Waals surface area contributed by atoms with Crippen LogP contribution in [0.15, 0.2) is 12.1 Å². The first-order valence-electron chi connectivity index (χ1n) is 12.7. The lowest BCUT2D eigenvalue weighted by Crippen LogP contribution is -2.71. The van der Waals surface area contributed by atoms with Crippen LogP contribution in [-0.2, 0) is 19.6 Å². The van der Waals surface area contributed by atoms with E-state index >= 15 is 0 Å². The van der Waals surface area contributed by atoms with Crippen LogP contribution in [0.4, 0.5) is 5.69 Å². The minimum Gasteiger partial charge on any atom is -0.351 e. The van der Waals surface area contributed by atoms with Crippen LogP contribution in [0.3, 0.4) is 0 Å². The Morgan fingerprint density at radius 1 is 1.06 bits per heavy atom. The maximum atomic E-state index is 13.9. The maximum absolute atomic E-state index is 13.9. The van der Waals surface area contributed by atoms with Crippen LogP contribution in [0, 0.1) is 20.8 Å². The van der Waals surface area contributed by atoms with Crippen LogP contribution in [0.1, 0.15) is 81.9 Å². The third-order valence-electron chi connectivity index (χ3n) is 7.18. The van der Waals surface area contributed by atoms with Crippen LogP contribution in [0.25, 0.3) is 0 Å². The summed E-state index contributed by atoms with van der Waals surface area (Å²) in [5, 5.41) is 3.22. The number of amides is 2. The van der Waals surface area contributed by atoms with Gasteiger partial charge in [-0.2, -0.15) is 4.31 Å². The topological polar surface area (TPSA) is 86.8 Å². The zero-order valence-electron chi connectivity index (χ0n) is 21.4. The van der Waals surface area contributed by atoms with Crippen molar-refractivity contribution in [1.29, 1.82) is 0 Å². The van der Waals surface area contributed by atoms with Gasteiger partial charge in [0.2, 0.25) is 21.8 Å². The predicted molar refractivity (Wildman–Crippen MR) is 136 cm³/mol. The number of hydrogen-bond acceptors (Lipinski definition) is 4. The highest BCUT2D eigenvalue weighted by atomic mass is 32.2. The van der Waals surface area contributed by atoms with Crippen LogP contribution in [-0.4, -0.2) is 55.0 Å². The molecule has 8 heteroatoms. The van der Waals surface area contributed by atoms with Crippen molar-refractivity contribution in [1.82, 2.24) is 9.62 Å². The van der Waals surface area contributed by atoms with E-state index in [-0.39, 0.29) is 36.7 Å². The molecular weight excluding hydrogens is 450 g/mol. The molecule has 1 saturated heterocycles. The van der Waals surface area contributed by atoms with E-state index in [0.717, 1.165) is 42.4 Å². The highest BCUT2D eigenvalue weighted by Gasteiger charge is 2.51. The first-order chi connectivity index (χ1) is 16.0. The van der Waals surface area contributed by atoms with Gasteiger partial charge in [-0.1, -0.05) is 56.7 Å². The first kappa shape index (κ1) is 26.7. The molecule has 2 amide bonds. The summed E-state index contributed by atoms with van der Waals surface area (Å²) >= 11 is 0. The van der Waals surface area contributed by atoms with Crippen LogP contribution < -0.4 is 10.2 Å². The van der Waals surface area contributed by atoms with E-state index < -0.39 is 15.6 Å². The van der Waals surface area contributed by atoms with E-state index in [1.165, 1.54) is 23.6 Å². The van der Waals surface area contributed by atoms with Gasteiger partial charge in [-0.3, -0.25) is 14.5 Å². The largest absolute Gasteiger partial charge is 0.351 e. The van der Waals surface area contributed by atoms with E-state index in [2.05, 4.69) is 5.32 Å². The zero-order chi connectivity index (χ0) is 25.1. The first-order valence-corrected chi connectivity index (χ1v) is 14.3. The summed E-state index contributed by atoms with van der Waals surface area (Å²) in [6.45, 7) is 9.10. The molecule has 34 heavy (non-hydrogen) atoms. The number of carbonyl (C=O) groups excluding carboxylic acids is 2. The Morgan fingerprint density at radius 2 is 1.62 bits per heavy atom. The molecule has 1 saturated carbocycles. The monoisotopic (exact) mass is 491 g/mol. The van der Waals surface area contributed by atoms with E-state index in [4.69, 9.17) is 0 Å². The number of nitrogens with one attached hydrogen (secondary N) is 1. The second-order valence-corrected chi connectivity index (χ2v) is 12.4. The van der Waals surface area contributed by atoms with Gasteiger partial charge < -0.3 is 5.32 Å². The fourth-order valence-corrected chi connectivity index (χ4v) is 7.09. The van der Waals surface area contributed by atoms with Crippen molar-refractivity contribution in [2.75, 3.05) is 23.7 Å². The number of rotatable bonds is 6. The molecule has 7 nitrogen and oxygen atoms in total. The molecule has 1 N–H and O–H groups in total. The molecule has 1 heterocycles. The van der Waals surface area contributed by atoms with E-state index in [0.29, 0.717) is 12.1 Å². The second-order valence-electron chi connectivity index (χ2n) is 10.3. The van der Waals surface area contributed by atoms with Gasteiger partial charge in [-0.25, -0.2) is 8.42 Å². The minimum atomic E-state index is -3.64. The molecule has 1 aromatic rings. The van der Waals surface area contributed by atoms with Gasteiger partial charge in [0.05, 0.1) is 18.0 Å². The molecule has 1 atom stereocenters. The van der Waals surface area contributed by atoms with Crippen molar-refractivity contribution in [2.45, 2.75) is 97.6 Å². The standard InChI is InChI=1S/C26H41N3O4S/c1-6-14-34(32,33)28-17-23(30)29(24-20(3)15-19(2)16-21(24)4)26(5,18-28)25(31)27-22-12-10-8-7-9-11-13-22/h15-16,22H,6-14,17-18H2,1-5H3,(H,27,31). The fraction of sp³-hybridized carbons (Fsp3) is 0.692. The van der Waals surface area contributed by atoms with E-state index in [9.17, 15) is 18.0 Å². The Bertz CT molecular complexity index is 992. The molecule has 1 aliphatic carbocycles. The molecule has 0 aromatic heterocycles. The lowest BCUT2D eigenvalue weighted by atomic mass is 9.90. The lowest BCUT2D eigenvalue weighted by Gasteiger charge is -2.48. The Labute approximate surface area is 205 Å². The molecule has 0 radical (unpaired) electrons. The summed E-state index contributed by atoms with van der Waals surface area (Å²) in [6, 6.07) is 4.05. The molecule has 1 aliphatic heterocycles. The summed E-state index contributed by atoms with van der Waals surface area (Å²) < 4.78 is 27.1. The molecular formula is C26H41N3O4S. The smallest absolute Gasteiger partial charge is 0.247 e. The van der Waals surface area contributed by atoms with Crippen molar-refractivity contribution < 1.29 is 18.0 Å². The molecule has 2 fully saturated rings. The van der Waals surface area contributed by atoms with Gasteiger partial charge in [0.1, 0.15) is 5.54 Å². The molecule has 2 aliphatic rings. The predicted octanol–water partition coefficient (Wildman–Crippen LogP) is 3.99. The maximum Gasteiger partial charge on any atom is 0.247 e. The fourth-order valence-electron chi connectivity index (χ4n) is 5.56. The zero-order valence-corrected chi connectivity index (χ0v) is 22.3. The van der Waals surface area contributed by atoms with Crippen molar-refractivity contribution >= 4 is 27.5 Å². The lowest BCUT2D eigenvalue weighted by molar-refractivity contribution is -0.133. The number of aryl methyl sites for hydroxylation is 3. The van der Waals surface area contributed by atoms with Crippen LogP contribution >= 0.6 is 0 Å². The van der Waals surface area contributed by atoms with Crippen LogP contribution in [0.2, 0.25) is 0 Å². The Balaban J connectivity index is 2.03. The normalized spacial score (nSPS) is 23.4. The molecule has 0 bridgehead atoms. The molecule has 0 spiro atoms. The molecule has 1 aromatic carbocycles. The van der Waals surface area contributed by atoms with Gasteiger partial charge in [-0.05, 0) is 58.1 Å². The SMILES string of the molecule is CCCS(=O)(=O)N1CC(=O)N(c2c(C)cc(C)cc2C)C(C)(C(=O)NC2CCCCCCC2)C1. The van der Waals surface area contributed by atoms with Gasteiger partial charge in [0.25, 0.3) is 0 Å². The average Bonchev–Trinajstić information content (AvgIpc) is 2.71. The highest BCUT2D eigenvalue weighted by Crippen LogP contribution is 2.36. The number of carbonyl (C=O) groups is 2. The number of hydrogen-bond donors (Lipinski definition) is 1. The Hall–Kier alpha value is -1.93. The third-order valence-corrected chi connectivity index (χ3v) is 9.15. The van der Waals surface area contributed by atoms with E-state index in [1.807, 2.05) is 32.9 Å². The summed E-state index contributed by atoms with van der Waals surface area (Å²) in [6.07, 6.45) is 7.98. The van der Waals surface area contributed by atoms with Crippen molar-refractivity contribution in [3.05, 3.63) is 28.8 Å². The third kappa shape index (κ3) is 5.65. The molecule has 1 unspecified atom stereocenters. The summed E-state index contributed by atoms with van der Waals surface area (Å²) in [5.41, 5.74) is 2.25. The van der Waals surface area contributed by atoms with E-state index in [1.54, 1.807) is 18.7 Å². The summed E-state index contributed by atoms with van der Waals surface area (Å²) in [7, 11) is -3.64. The summed E-state index contributed by atoms with van der Waals surface area (Å²) in [4.78, 5) is 29.1. The van der Waals surface area contributed by atoms with Crippen molar-refractivity contribution in [3.8, 4) is 0 Å². The highest BCUT2D eigenvalue weighted by molar-refractivity contribution is 7.89. The number of nitrogens with zero attached hydrogens (tertiary/aromatic N) is 2. The molecule has 3 rings (SSSR count). The molecule has 190 valence electrons. The van der Waals surface area contributed by atoms with Gasteiger partial charge >= 0.3 is 0 Å². The van der Waals surface area contributed by atoms with Crippen molar-refractivity contribution in [3.63, 3.8) is 0 Å². The van der Waals surface area contributed by atoms with Gasteiger partial charge in [0, 0.05) is 12.6 Å². The van der Waals surface area contributed by atoms with Gasteiger partial charge in [0.15, 0.2) is 0 Å². The van der Waals surface area contributed by atoms with Crippen LogP contribution in [0.5, 0.6) is 0 Å². The second kappa shape index (κ2) is 10.8. The number of benzene rings is 1.